The van der Waals surface area contributed by atoms with E-state index >= 15 is 0 Å². The van der Waals surface area contributed by atoms with Gasteiger partial charge in [-0.3, -0.25) is 0 Å². The van der Waals surface area contributed by atoms with Crippen LogP contribution in [0.1, 0.15) is 46.6 Å². The maximum absolute atomic E-state index is 14.1. The minimum Gasteiger partial charge on any atom is -0.443 e. The average Bonchev–Trinajstić information content (AvgIpc) is 3.68. The van der Waals surface area contributed by atoms with E-state index in [4.69, 9.17) is 14.2 Å². The highest BCUT2D eigenvalue weighted by Gasteiger charge is 2.44. The number of aromatic nitrogens is 1. The van der Waals surface area contributed by atoms with E-state index in [-0.39, 0.29) is 54.7 Å². The summed E-state index contributed by atoms with van der Waals surface area (Å²) in [6.45, 7) is 10.7. The molecule has 2 aliphatic heterocycles. The number of hydrogen-bond donors (Lipinski definition) is 3. The van der Waals surface area contributed by atoms with Crippen LogP contribution >= 0.6 is 11.3 Å². The number of fused-ring (bicyclic) bond motifs is 2. The van der Waals surface area contributed by atoms with Gasteiger partial charge in [-0.2, -0.15) is 4.31 Å². The Kier molecular flexibility index (Phi) is 10.4. The molecule has 45 heavy (non-hydrogen) atoms. The SMILES string of the molecule is CC(C)CN(C[C@@H](O)[C@H](Cc1ccccc1)NC(=O)O[C@H]1CO[C@H]2OCC[C@H]21)S(=O)(=O)c1ccc2nc(NC(C)(C)C)sc2c1. The Balaban J connectivity index is 1.35. The molecular formula is C32H44N4O7S2. The first-order valence-corrected chi connectivity index (χ1v) is 17.7. The molecule has 11 nitrogen and oxygen atoms in total. The Hall–Kier alpha value is -2.81. The van der Waals surface area contributed by atoms with Crippen LogP contribution in [0.4, 0.5) is 9.93 Å². The number of benzene rings is 2. The molecule has 1 amide bonds. The average molecular weight is 661 g/mol. The number of ether oxygens (including phenoxy) is 3. The second-order valence-corrected chi connectivity index (χ2v) is 16.2. The third kappa shape index (κ3) is 8.52. The molecule has 1 aromatic heterocycles. The molecule has 0 saturated carbocycles. The highest BCUT2D eigenvalue weighted by Crippen LogP contribution is 2.33. The molecule has 13 heteroatoms. The minimum absolute atomic E-state index is 0.0175. The molecule has 0 unspecified atom stereocenters. The predicted octanol–water partition coefficient (Wildman–Crippen LogP) is 4.61. The lowest BCUT2D eigenvalue weighted by atomic mass is 10.0. The molecule has 0 aliphatic carbocycles. The standard InChI is InChI=1S/C32H44N4O7S2/c1-20(2)17-36(45(39,40)22-11-12-24-28(16-22)44-30(33-24)35-32(3,4)5)18-26(37)25(15-21-9-7-6-8-10-21)34-31(38)43-27-19-42-29-23(27)13-14-41-29/h6-12,16,20,23,25-27,29,37H,13-15,17-19H2,1-5H3,(H,33,35)(H,34,38)/t23-,25-,26+,27-,29+/m0/s1. The molecule has 0 bridgehead atoms. The number of aliphatic hydroxyl groups is 1. The fourth-order valence-corrected chi connectivity index (χ4v) is 8.46. The smallest absolute Gasteiger partial charge is 0.407 e. The number of amides is 1. The van der Waals surface area contributed by atoms with Crippen molar-refractivity contribution in [2.24, 2.45) is 11.8 Å². The first kappa shape index (κ1) is 33.6. The van der Waals surface area contributed by atoms with Gasteiger partial charge in [0.05, 0.1) is 46.4 Å². The number of nitrogens with one attached hydrogen (secondary N) is 2. The zero-order chi connectivity index (χ0) is 32.4. The number of hydrogen-bond acceptors (Lipinski definition) is 10. The predicted molar refractivity (Wildman–Crippen MR) is 174 cm³/mol. The van der Waals surface area contributed by atoms with Crippen LogP contribution in [0.2, 0.25) is 0 Å². The van der Waals surface area contributed by atoms with E-state index in [1.165, 1.54) is 15.6 Å². The topological polar surface area (TPSA) is 139 Å². The molecule has 2 fully saturated rings. The van der Waals surface area contributed by atoms with E-state index in [0.29, 0.717) is 17.3 Å². The molecule has 5 atom stereocenters. The molecule has 246 valence electrons. The maximum Gasteiger partial charge on any atom is 0.407 e. The normalized spacial score (nSPS) is 21.6. The van der Waals surface area contributed by atoms with Crippen molar-refractivity contribution in [3.05, 3.63) is 54.1 Å². The molecule has 5 rings (SSSR count). The van der Waals surface area contributed by atoms with Crippen molar-refractivity contribution >= 4 is 42.8 Å². The van der Waals surface area contributed by atoms with Crippen LogP contribution in [-0.2, 0) is 30.7 Å². The van der Waals surface area contributed by atoms with Crippen molar-refractivity contribution in [2.75, 3.05) is 31.6 Å². The van der Waals surface area contributed by atoms with E-state index in [0.717, 1.165) is 16.7 Å². The molecule has 3 aromatic rings. The summed E-state index contributed by atoms with van der Waals surface area (Å²) in [7, 11) is -4.01. The number of sulfonamides is 1. The molecule has 3 heterocycles. The van der Waals surface area contributed by atoms with Gasteiger partial charge in [0.1, 0.15) is 6.10 Å². The van der Waals surface area contributed by atoms with Crippen LogP contribution < -0.4 is 10.6 Å². The van der Waals surface area contributed by atoms with Crippen molar-refractivity contribution < 1.29 is 32.5 Å². The highest BCUT2D eigenvalue weighted by atomic mass is 32.2. The van der Waals surface area contributed by atoms with Crippen LogP contribution in [0.15, 0.2) is 53.4 Å². The summed E-state index contributed by atoms with van der Waals surface area (Å²) < 4.78 is 47.0. The van der Waals surface area contributed by atoms with E-state index < -0.39 is 34.4 Å². The summed E-state index contributed by atoms with van der Waals surface area (Å²) >= 11 is 1.39. The molecule has 2 aromatic carbocycles. The Morgan fingerprint density at radius 1 is 1.16 bits per heavy atom. The van der Waals surface area contributed by atoms with Crippen molar-refractivity contribution in [2.45, 2.75) is 82.4 Å². The van der Waals surface area contributed by atoms with E-state index in [1.54, 1.807) is 18.2 Å². The van der Waals surface area contributed by atoms with Crippen molar-refractivity contribution in [3.63, 3.8) is 0 Å². The number of aliphatic hydroxyl groups excluding tert-OH is 1. The van der Waals surface area contributed by atoms with Gasteiger partial charge in [0.2, 0.25) is 10.0 Å². The van der Waals surface area contributed by atoms with Crippen LogP contribution in [0.25, 0.3) is 10.2 Å². The van der Waals surface area contributed by atoms with Gasteiger partial charge < -0.3 is 30.0 Å². The van der Waals surface area contributed by atoms with Gasteiger partial charge in [0, 0.05) is 18.6 Å². The third-order valence-corrected chi connectivity index (χ3v) is 10.5. The second kappa shape index (κ2) is 13.9. The number of carbonyl (C=O) groups is 1. The third-order valence-electron chi connectivity index (χ3n) is 7.75. The summed E-state index contributed by atoms with van der Waals surface area (Å²) in [6.07, 6.45) is -1.73. The number of carbonyl (C=O) groups excluding carboxylic acids is 1. The minimum atomic E-state index is -4.01. The van der Waals surface area contributed by atoms with E-state index in [2.05, 4.69) is 15.6 Å². The number of anilines is 1. The van der Waals surface area contributed by atoms with Gasteiger partial charge in [0.25, 0.3) is 0 Å². The van der Waals surface area contributed by atoms with Gasteiger partial charge in [-0.05, 0) is 63.3 Å². The lowest BCUT2D eigenvalue weighted by molar-refractivity contribution is -0.0907. The number of alkyl carbamates (subject to hydrolysis) is 1. The zero-order valence-corrected chi connectivity index (χ0v) is 28.1. The summed E-state index contributed by atoms with van der Waals surface area (Å²) in [6, 6.07) is 13.5. The first-order chi connectivity index (χ1) is 21.3. The molecule has 0 radical (unpaired) electrons. The molecule has 2 aliphatic rings. The fraction of sp³-hybridized carbons (Fsp3) is 0.562. The number of rotatable bonds is 12. The second-order valence-electron chi connectivity index (χ2n) is 13.2. The maximum atomic E-state index is 14.1. The summed E-state index contributed by atoms with van der Waals surface area (Å²) in [5, 5.41) is 18.4. The molecule has 2 saturated heterocycles. The lowest BCUT2D eigenvalue weighted by Gasteiger charge is -2.31. The monoisotopic (exact) mass is 660 g/mol. The van der Waals surface area contributed by atoms with Gasteiger partial charge in [-0.1, -0.05) is 55.5 Å². The number of thiazole rings is 1. The van der Waals surface area contributed by atoms with Crippen LogP contribution in [0.5, 0.6) is 0 Å². The molecule has 0 spiro atoms. The largest absolute Gasteiger partial charge is 0.443 e. The van der Waals surface area contributed by atoms with Crippen molar-refractivity contribution in [3.8, 4) is 0 Å². The van der Waals surface area contributed by atoms with Crippen molar-refractivity contribution in [1.29, 1.82) is 0 Å². The van der Waals surface area contributed by atoms with E-state index in [1.807, 2.05) is 65.0 Å². The highest BCUT2D eigenvalue weighted by molar-refractivity contribution is 7.89. The van der Waals surface area contributed by atoms with Gasteiger partial charge in [-0.25, -0.2) is 18.2 Å². The summed E-state index contributed by atoms with van der Waals surface area (Å²) in [5.74, 6) is -0.0488. The van der Waals surface area contributed by atoms with Crippen LogP contribution in [-0.4, -0.2) is 85.3 Å². The van der Waals surface area contributed by atoms with Crippen molar-refractivity contribution in [1.82, 2.24) is 14.6 Å². The first-order valence-electron chi connectivity index (χ1n) is 15.4. The van der Waals surface area contributed by atoms with Gasteiger partial charge in [-0.15, -0.1) is 0 Å². The quantitative estimate of drug-likeness (QED) is 0.254. The van der Waals surface area contributed by atoms with Gasteiger partial charge >= 0.3 is 6.09 Å². The molecule has 3 N–H and O–H groups in total. The van der Waals surface area contributed by atoms with Crippen LogP contribution in [0.3, 0.4) is 0 Å². The zero-order valence-electron chi connectivity index (χ0n) is 26.4. The number of nitrogens with zero attached hydrogens (tertiary/aromatic N) is 2. The summed E-state index contributed by atoms with van der Waals surface area (Å²) in [5.41, 5.74) is 1.39. The Morgan fingerprint density at radius 2 is 1.91 bits per heavy atom. The van der Waals surface area contributed by atoms with Gasteiger partial charge in [0.15, 0.2) is 11.4 Å². The summed E-state index contributed by atoms with van der Waals surface area (Å²) in [4.78, 5) is 17.8. The Bertz CT molecular complexity index is 1560. The van der Waals surface area contributed by atoms with Crippen LogP contribution in [0, 0.1) is 11.8 Å². The molecular weight excluding hydrogens is 617 g/mol. The lowest BCUT2D eigenvalue weighted by Crippen LogP contribution is -2.51. The Morgan fingerprint density at radius 3 is 2.62 bits per heavy atom. The fourth-order valence-electron chi connectivity index (χ4n) is 5.62. The Labute approximate surface area is 269 Å². The van der Waals surface area contributed by atoms with E-state index in [9.17, 15) is 18.3 Å².